The molecule has 4 aromatic rings. The summed E-state index contributed by atoms with van der Waals surface area (Å²) in [5.74, 6) is -3.70. The van der Waals surface area contributed by atoms with E-state index < -0.39 is 67.8 Å². The van der Waals surface area contributed by atoms with Gasteiger partial charge in [0.25, 0.3) is 10.0 Å². The molecule has 0 bridgehead atoms. The number of pyridine rings is 2. The minimum absolute atomic E-state index is 0.0101. The highest BCUT2D eigenvalue weighted by atomic mass is 32.2. The minimum atomic E-state index is -5.16. The molecule has 0 N–H and O–H groups in total. The van der Waals surface area contributed by atoms with Crippen LogP contribution in [-0.4, -0.2) is 53.6 Å². The Bertz CT molecular complexity index is 2020. The first-order valence-corrected chi connectivity index (χ1v) is 17.2. The Morgan fingerprint density at radius 2 is 1.86 bits per heavy atom. The third-order valence-corrected chi connectivity index (χ3v) is 9.80. The highest BCUT2D eigenvalue weighted by molar-refractivity contribution is 7.93. The van der Waals surface area contributed by atoms with E-state index in [2.05, 4.69) is 9.97 Å². The Morgan fingerprint density at radius 3 is 2.51 bits per heavy atom. The third kappa shape index (κ3) is 6.75. The number of rotatable bonds is 9. The molecule has 0 spiro atoms. The summed E-state index contributed by atoms with van der Waals surface area (Å²) in [6.45, 7) is 6.20. The normalized spacial score (nSPS) is 16.9. The van der Waals surface area contributed by atoms with Crippen LogP contribution in [0.25, 0.3) is 11.0 Å². The molecule has 4 heterocycles. The quantitative estimate of drug-likeness (QED) is 0.182. The molecule has 0 radical (unpaired) electrons. The fourth-order valence-corrected chi connectivity index (χ4v) is 7.24. The van der Waals surface area contributed by atoms with Crippen LogP contribution in [0, 0.1) is 24.4 Å². The molecule has 1 aromatic carbocycles. The van der Waals surface area contributed by atoms with Crippen LogP contribution in [0.3, 0.4) is 0 Å². The molecule has 2 fully saturated rings. The lowest BCUT2D eigenvalue weighted by molar-refractivity contribution is -0.0371. The number of carbonyl (C=O) groups excluding carboxylic acids is 1. The first kappa shape index (κ1) is 34.4. The Labute approximate surface area is 281 Å². The van der Waals surface area contributed by atoms with Gasteiger partial charge in [0, 0.05) is 23.6 Å². The van der Waals surface area contributed by atoms with E-state index >= 15 is 8.78 Å². The molecule has 1 aliphatic heterocycles. The fraction of sp³-hybridized carbons (Fsp3) is 0.455. The fourth-order valence-electron chi connectivity index (χ4n) is 5.79. The van der Waals surface area contributed by atoms with E-state index in [1.807, 2.05) is 6.92 Å². The van der Waals surface area contributed by atoms with E-state index in [1.54, 1.807) is 4.68 Å². The number of nitrogens with zero attached hydrogens (tertiary/aromatic N) is 5. The third-order valence-electron chi connectivity index (χ3n) is 8.13. The molecule has 262 valence electrons. The van der Waals surface area contributed by atoms with Crippen molar-refractivity contribution in [2.24, 2.45) is 0 Å². The van der Waals surface area contributed by atoms with Crippen molar-refractivity contribution in [1.29, 1.82) is 0 Å². The second-order valence-corrected chi connectivity index (χ2v) is 14.7. The summed E-state index contributed by atoms with van der Waals surface area (Å²) < 4.78 is 97.9. The van der Waals surface area contributed by atoms with E-state index in [1.165, 1.54) is 27.0 Å². The first-order chi connectivity index (χ1) is 23.2. The van der Waals surface area contributed by atoms with E-state index in [0.717, 1.165) is 62.3 Å². The number of hydrogen-bond acceptors (Lipinski definition) is 10. The monoisotopic (exact) mass is 703 g/mol. The number of carbonyl (C=O) groups is 1. The van der Waals surface area contributed by atoms with Crippen molar-refractivity contribution in [3.8, 4) is 11.6 Å². The van der Waals surface area contributed by atoms with Gasteiger partial charge in [-0.3, -0.25) is 0 Å². The molecule has 16 heteroatoms. The number of amides is 1. The molecule has 12 nitrogen and oxygen atoms in total. The molecule has 1 amide bonds. The standard InChI is InChI=1S/C33H36F3N5O7S/c1-18-27-28(19-9-10-19)24(16-37-30(27)40(39-18)26-8-6-7-13-46-26)47-17-21-22(35)11-12-23(29(21)36)41(32(42)48-33(2,3)4)49(43,44)25-14-20(34)15-38-31(25)45-5/h11-12,14-16,19,26H,6-10,13,17H2,1-5H3. The van der Waals surface area contributed by atoms with Crippen LogP contribution in [0.4, 0.5) is 23.7 Å². The van der Waals surface area contributed by atoms with Gasteiger partial charge in [-0.15, -0.1) is 0 Å². The molecule has 1 aliphatic carbocycles. The summed E-state index contributed by atoms with van der Waals surface area (Å²) in [5.41, 5.74) is -0.651. The van der Waals surface area contributed by atoms with Crippen LogP contribution in [0.2, 0.25) is 0 Å². The van der Waals surface area contributed by atoms with Gasteiger partial charge in [0.1, 0.15) is 35.3 Å². The van der Waals surface area contributed by atoms with Gasteiger partial charge in [0.15, 0.2) is 22.6 Å². The van der Waals surface area contributed by atoms with Gasteiger partial charge in [-0.2, -0.15) is 9.40 Å². The lowest BCUT2D eigenvalue weighted by atomic mass is 10.1. The van der Waals surface area contributed by atoms with Crippen LogP contribution < -0.4 is 13.8 Å². The number of ether oxygens (including phenoxy) is 4. The van der Waals surface area contributed by atoms with E-state index in [4.69, 9.17) is 24.0 Å². The van der Waals surface area contributed by atoms with Crippen LogP contribution in [0.1, 0.15) is 81.8 Å². The molecule has 1 saturated heterocycles. The number of aromatic nitrogens is 4. The number of halogens is 3. The average molecular weight is 704 g/mol. The predicted molar refractivity (Wildman–Crippen MR) is 170 cm³/mol. The maximum Gasteiger partial charge on any atom is 0.429 e. The summed E-state index contributed by atoms with van der Waals surface area (Å²) in [6.07, 6.45) is 4.92. The van der Waals surface area contributed by atoms with Gasteiger partial charge in [-0.05, 0) is 77.8 Å². The number of anilines is 1. The van der Waals surface area contributed by atoms with Gasteiger partial charge in [-0.25, -0.2) is 41.0 Å². The molecule has 1 saturated carbocycles. The Balaban J connectivity index is 1.40. The van der Waals surface area contributed by atoms with Gasteiger partial charge in [0.2, 0.25) is 5.88 Å². The zero-order chi connectivity index (χ0) is 35.2. The maximum atomic E-state index is 16.4. The zero-order valence-electron chi connectivity index (χ0n) is 27.6. The Kier molecular flexibility index (Phi) is 9.21. The van der Waals surface area contributed by atoms with Crippen LogP contribution in [-0.2, 0) is 26.1 Å². The van der Waals surface area contributed by atoms with Crippen LogP contribution >= 0.6 is 0 Å². The SMILES string of the molecule is COc1ncc(F)cc1S(=O)(=O)N(C(=O)OC(C)(C)C)c1ccc(F)c(COc2cnc3c(c(C)nn3C3CCCCO3)c2C2CC2)c1F. The highest BCUT2D eigenvalue weighted by Crippen LogP contribution is 2.48. The maximum absolute atomic E-state index is 16.4. The van der Waals surface area contributed by atoms with E-state index in [9.17, 15) is 17.6 Å². The summed E-state index contributed by atoms with van der Waals surface area (Å²) >= 11 is 0. The summed E-state index contributed by atoms with van der Waals surface area (Å²) in [5, 5.41) is 5.50. The molecule has 1 atom stereocenters. The molecule has 2 aliphatic rings. The summed E-state index contributed by atoms with van der Waals surface area (Å²) in [6, 6.07) is 2.13. The number of benzene rings is 1. The van der Waals surface area contributed by atoms with Gasteiger partial charge >= 0.3 is 6.09 Å². The summed E-state index contributed by atoms with van der Waals surface area (Å²) in [4.78, 5) is 20.8. The predicted octanol–water partition coefficient (Wildman–Crippen LogP) is 6.85. The Morgan fingerprint density at radius 1 is 1.10 bits per heavy atom. The number of fused-ring (bicyclic) bond motifs is 1. The molecule has 6 rings (SSSR count). The lowest BCUT2D eigenvalue weighted by Gasteiger charge is -2.28. The molecule has 49 heavy (non-hydrogen) atoms. The van der Waals surface area contributed by atoms with Crippen molar-refractivity contribution < 1.29 is 45.3 Å². The second-order valence-electron chi connectivity index (χ2n) is 12.9. The van der Waals surface area contributed by atoms with E-state index in [-0.39, 0.29) is 16.5 Å². The zero-order valence-corrected chi connectivity index (χ0v) is 28.4. The smallest absolute Gasteiger partial charge is 0.429 e. The Hall–Kier alpha value is -4.44. The highest BCUT2D eigenvalue weighted by Gasteiger charge is 2.40. The number of hydrogen-bond donors (Lipinski definition) is 0. The van der Waals surface area contributed by atoms with Crippen molar-refractivity contribution >= 4 is 32.8 Å². The van der Waals surface area contributed by atoms with Crippen molar-refractivity contribution in [1.82, 2.24) is 19.7 Å². The molecule has 1 unspecified atom stereocenters. The number of aryl methyl sites for hydroxylation is 1. The lowest BCUT2D eigenvalue weighted by Crippen LogP contribution is -2.42. The van der Waals surface area contributed by atoms with Crippen molar-refractivity contribution in [2.75, 3.05) is 18.0 Å². The topological polar surface area (TPSA) is 135 Å². The number of methoxy groups -OCH3 is 1. The second kappa shape index (κ2) is 13.1. The van der Waals surface area contributed by atoms with Crippen LogP contribution in [0.5, 0.6) is 11.6 Å². The van der Waals surface area contributed by atoms with Gasteiger partial charge < -0.3 is 18.9 Å². The average Bonchev–Trinajstić information content (AvgIpc) is 3.84. The minimum Gasteiger partial charge on any atom is -0.487 e. The number of sulfonamides is 1. The van der Waals surface area contributed by atoms with E-state index in [0.29, 0.717) is 36.0 Å². The van der Waals surface area contributed by atoms with Crippen LogP contribution in [0.15, 0.2) is 35.5 Å². The summed E-state index contributed by atoms with van der Waals surface area (Å²) in [7, 11) is -4.07. The molecular weight excluding hydrogens is 667 g/mol. The van der Waals surface area contributed by atoms with Gasteiger partial charge in [0.05, 0.1) is 30.8 Å². The largest absolute Gasteiger partial charge is 0.487 e. The molecule has 3 aromatic heterocycles. The van der Waals surface area contributed by atoms with Crippen molar-refractivity contribution in [2.45, 2.75) is 89.0 Å². The molecular formula is C33H36F3N5O7S. The van der Waals surface area contributed by atoms with Crippen molar-refractivity contribution in [3.05, 3.63) is 64.9 Å². The van der Waals surface area contributed by atoms with Crippen molar-refractivity contribution in [3.63, 3.8) is 0 Å². The first-order valence-electron chi connectivity index (χ1n) is 15.8. The van der Waals surface area contributed by atoms with Gasteiger partial charge in [-0.1, -0.05) is 0 Å².